The fraction of sp³-hybridized carbons (Fsp3) is 0.706. The third-order valence-electron chi connectivity index (χ3n) is 3.73. The van der Waals surface area contributed by atoms with Gasteiger partial charge in [0, 0.05) is 5.41 Å². The molecule has 0 atom stereocenters. The molecule has 0 saturated heterocycles. The zero-order valence-corrected chi connectivity index (χ0v) is 14.3. The Bertz CT molecular complexity index is 409. The van der Waals surface area contributed by atoms with Crippen LogP contribution in [-0.2, 0) is 9.53 Å². The molecule has 0 unspecified atom stereocenters. The van der Waals surface area contributed by atoms with Crippen molar-refractivity contribution in [2.45, 2.75) is 40.0 Å². The number of carbonyl (C=O) groups excluding carboxylic acids is 1. The van der Waals surface area contributed by atoms with E-state index in [2.05, 4.69) is 0 Å². The quantitative estimate of drug-likeness (QED) is 0.255. The van der Waals surface area contributed by atoms with Crippen LogP contribution in [0.4, 0.5) is 0 Å². The van der Waals surface area contributed by atoms with E-state index >= 15 is 0 Å². The maximum absolute atomic E-state index is 12.2. The summed E-state index contributed by atoms with van der Waals surface area (Å²) >= 11 is 0. The molecule has 4 N–H and O–H groups in total. The van der Waals surface area contributed by atoms with Crippen molar-refractivity contribution in [3.63, 3.8) is 0 Å². The molecule has 0 aliphatic rings. The largest absolute Gasteiger partial charge is 0.460 e. The first-order valence-corrected chi connectivity index (χ1v) is 7.88. The van der Waals surface area contributed by atoms with Crippen LogP contribution in [0, 0.1) is 5.41 Å². The van der Waals surface area contributed by atoms with Crippen molar-refractivity contribution in [1.29, 1.82) is 0 Å². The van der Waals surface area contributed by atoms with Crippen molar-refractivity contribution in [3.8, 4) is 0 Å². The number of esters is 1. The van der Waals surface area contributed by atoms with E-state index < -0.39 is 11.4 Å². The number of carbonyl (C=O) groups is 1. The molecular formula is C17H30O6. The van der Waals surface area contributed by atoms with Gasteiger partial charge in [-0.25, -0.2) is 4.79 Å². The van der Waals surface area contributed by atoms with Crippen LogP contribution >= 0.6 is 0 Å². The fourth-order valence-corrected chi connectivity index (χ4v) is 2.23. The van der Waals surface area contributed by atoms with Gasteiger partial charge in [-0.15, -0.1) is 0 Å². The molecule has 0 saturated carbocycles. The van der Waals surface area contributed by atoms with Crippen molar-refractivity contribution in [2.24, 2.45) is 5.41 Å². The SMILES string of the molecule is CCC=C(CCC(CO)(CO)CO)C(C(=O)OCCO)=C(C)C. The lowest BCUT2D eigenvalue weighted by atomic mass is 9.82. The second-order valence-electron chi connectivity index (χ2n) is 5.85. The van der Waals surface area contributed by atoms with E-state index in [4.69, 9.17) is 9.84 Å². The van der Waals surface area contributed by atoms with Crippen LogP contribution in [0.15, 0.2) is 22.8 Å². The monoisotopic (exact) mass is 330 g/mol. The number of aliphatic hydroxyl groups excluding tert-OH is 4. The number of ether oxygens (including phenoxy) is 1. The lowest BCUT2D eigenvalue weighted by Crippen LogP contribution is -2.34. The molecule has 0 aliphatic carbocycles. The maximum Gasteiger partial charge on any atom is 0.338 e. The van der Waals surface area contributed by atoms with Crippen LogP contribution in [0.5, 0.6) is 0 Å². The summed E-state index contributed by atoms with van der Waals surface area (Å²) in [5.74, 6) is -0.499. The lowest BCUT2D eigenvalue weighted by molar-refractivity contribution is -0.139. The smallest absolute Gasteiger partial charge is 0.338 e. The molecule has 0 rings (SSSR count). The Hall–Kier alpha value is -1.21. The first-order valence-electron chi connectivity index (χ1n) is 7.88. The minimum absolute atomic E-state index is 0.0666. The van der Waals surface area contributed by atoms with E-state index in [-0.39, 0.29) is 33.0 Å². The average Bonchev–Trinajstić information content (AvgIpc) is 2.54. The molecule has 0 aromatic carbocycles. The Morgan fingerprint density at radius 1 is 1.09 bits per heavy atom. The molecule has 6 heteroatoms. The van der Waals surface area contributed by atoms with Crippen molar-refractivity contribution in [1.82, 2.24) is 0 Å². The average molecular weight is 330 g/mol. The minimum Gasteiger partial charge on any atom is -0.460 e. The molecule has 0 bridgehead atoms. The van der Waals surface area contributed by atoms with Crippen LogP contribution in [0.2, 0.25) is 0 Å². The Morgan fingerprint density at radius 2 is 1.65 bits per heavy atom. The summed E-state index contributed by atoms with van der Waals surface area (Å²) in [6.45, 7) is 4.24. The molecule has 23 heavy (non-hydrogen) atoms. The second kappa shape index (κ2) is 11.3. The molecule has 0 spiro atoms. The predicted molar refractivity (Wildman–Crippen MR) is 87.7 cm³/mol. The third-order valence-corrected chi connectivity index (χ3v) is 3.73. The number of rotatable bonds is 11. The highest BCUT2D eigenvalue weighted by Crippen LogP contribution is 2.29. The van der Waals surface area contributed by atoms with Gasteiger partial charge >= 0.3 is 5.97 Å². The number of allylic oxidation sites excluding steroid dienone is 2. The zero-order valence-electron chi connectivity index (χ0n) is 14.3. The van der Waals surface area contributed by atoms with Gasteiger partial charge in [0.2, 0.25) is 0 Å². The molecule has 0 fully saturated rings. The Kier molecular flexibility index (Phi) is 10.7. The number of hydrogen-bond acceptors (Lipinski definition) is 6. The van der Waals surface area contributed by atoms with Crippen LogP contribution in [0.25, 0.3) is 0 Å². The highest BCUT2D eigenvalue weighted by Gasteiger charge is 2.29. The minimum atomic E-state index is -0.978. The number of aliphatic hydroxyl groups is 4. The molecule has 0 aromatic heterocycles. The van der Waals surface area contributed by atoms with E-state index in [0.29, 0.717) is 24.8 Å². The van der Waals surface area contributed by atoms with Gasteiger partial charge in [0.15, 0.2) is 0 Å². The van der Waals surface area contributed by atoms with Crippen LogP contribution < -0.4 is 0 Å². The van der Waals surface area contributed by atoms with E-state index in [1.54, 1.807) is 13.8 Å². The maximum atomic E-state index is 12.2. The Balaban J connectivity index is 5.33. The fourth-order valence-electron chi connectivity index (χ4n) is 2.23. The highest BCUT2D eigenvalue weighted by atomic mass is 16.5. The third kappa shape index (κ3) is 6.83. The van der Waals surface area contributed by atoms with Gasteiger partial charge < -0.3 is 25.2 Å². The van der Waals surface area contributed by atoms with Crippen LogP contribution in [0.1, 0.15) is 40.0 Å². The molecule has 134 valence electrons. The van der Waals surface area contributed by atoms with Crippen LogP contribution in [0.3, 0.4) is 0 Å². The Morgan fingerprint density at radius 3 is 2.04 bits per heavy atom. The van der Waals surface area contributed by atoms with Crippen LogP contribution in [-0.4, -0.2) is 59.4 Å². The lowest BCUT2D eigenvalue weighted by Gasteiger charge is -2.28. The van der Waals surface area contributed by atoms with Gasteiger partial charge in [0.05, 0.1) is 32.0 Å². The summed E-state index contributed by atoms with van der Waals surface area (Å²) in [6, 6.07) is 0. The van der Waals surface area contributed by atoms with E-state index in [1.807, 2.05) is 13.0 Å². The van der Waals surface area contributed by atoms with Gasteiger partial charge in [-0.1, -0.05) is 18.6 Å². The summed E-state index contributed by atoms with van der Waals surface area (Å²) in [6.07, 6.45) is 3.37. The molecular weight excluding hydrogens is 300 g/mol. The Labute approximate surface area is 138 Å². The molecule has 0 amide bonds. The summed E-state index contributed by atoms with van der Waals surface area (Å²) in [7, 11) is 0. The van der Waals surface area contributed by atoms with Crippen molar-refractivity contribution in [3.05, 3.63) is 22.8 Å². The standard InChI is InChI=1S/C17H30O6/c1-4-5-14(6-7-17(10-19,11-20)12-21)15(13(2)3)16(22)23-9-8-18/h5,18-21H,4,6-12H2,1-3H3. The summed E-state index contributed by atoms with van der Waals surface area (Å²) in [4.78, 5) is 12.2. The van der Waals surface area contributed by atoms with Gasteiger partial charge in [0.1, 0.15) is 6.61 Å². The van der Waals surface area contributed by atoms with Gasteiger partial charge in [-0.05, 0) is 38.7 Å². The second-order valence-corrected chi connectivity index (χ2v) is 5.85. The topological polar surface area (TPSA) is 107 Å². The first-order chi connectivity index (χ1) is 10.9. The van der Waals surface area contributed by atoms with E-state index in [1.165, 1.54) is 0 Å². The highest BCUT2D eigenvalue weighted by molar-refractivity contribution is 5.94. The predicted octanol–water partition coefficient (Wildman–Crippen LogP) is 0.938. The first kappa shape index (κ1) is 21.8. The molecule has 0 aromatic rings. The van der Waals surface area contributed by atoms with Crippen molar-refractivity contribution < 1.29 is 30.0 Å². The summed E-state index contributed by atoms with van der Waals surface area (Å²) < 4.78 is 5.02. The zero-order chi connectivity index (χ0) is 17.9. The molecule has 6 nitrogen and oxygen atoms in total. The van der Waals surface area contributed by atoms with Gasteiger partial charge in [-0.3, -0.25) is 0 Å². The molecule has 0 aliphatic heterocycles. The summed E-state index contributed by atoms with van der Waals surface area (Å²) in [5, 5.41) is 37.1. The van der Waals surface area contributed by atoms with Crippen molar-refractivity contribution >= 4 is 5.97 Å². The molecule has 0 radical (unpaired) electrons. The van der Waals surface area contributed by atoms with Crippen molar-refractivity contribution in [2.75, 3.05) is 33.0 Å². The van der Waals surface area contributed by atoms with E-state index in [0.717, 1.165) is 11.1 Å². The normalized spacial score (nSPS) is 12.2. The number of hydrogen-bond donors (Lipinski definition) is 4. The van der Waals surface area contributed by atoms with Gasteiger partial charge in [0.25, 0.3) is 0 Å². The molecule has 0 heterocycles. The van der Waals surface area contributed by atoms with E-state index in [9.17, 15) is 20.1 Å². The van der Waals surface area contributed by atoms with Gasteiger partial charge in [-0.2, -0.15) is 0 Å². The summed E-state index contributed by atoms with van der Waals surface area (Å²) in [5.41, 5.74) is 1.02.